The monoisotopic (exact) mass is 94.0 g/mol. The zero-order valence-electron chi connectivity index (χ0n) is 4.14. The second-order valence-corrected chi connectivity index (χ2v) is 0.890. The van der Waals surface area contributed by atoms with Gasteiger partial charge in [-0.2, -0.15) is 0 Å². The average Bonchev–Trinajstić information content (AvgIpc) is 1.69. The van der Waals surface area contributed by atoms with Crippen molar-refractivity contribution in [1.29, 1.82) is 0 Å². The molecule has 0 saturated heterocycles. The molecule has 0 rings (SSSR count). The molecule has 0 aromatic heterocycles. The van der Waals surface area contributed by atoms with Gasteiger partial charge in [-0.1, -0.05) is 5.92 Å². The van der Waals surface area contributed by atoms with E-state index in [4.69, 9.17) is 0 Å². The molecular formula is C6H6O. The van der Waals surface area contributed by atoms with E-state index in [0.717, 1.165) is 0 Å². The standard InChI is InChI=1S/C6H6O/c1-2-3-4-5-6-7/h4-6H,1H3. The van der Waals surface area contributed by atoms with Gasteiger partial charge in [0.05, 0.1) is 0 Å². The fourth-order valence-corrected chi connectivity index (χ4v) is 0.171. The van der Waals surface area contributed by atoms with Gasteiger partial charge in [-0.25, -0.2) is 0 Å². The Morgan fingerprint density at radius 3 is 2.71 bits per heavy atom. The summed E-state index contributed by atoms with van der Waals surface area (Å²) in [4.78, 5) is 9.53. The fraction of sp³-hybridized carbons (Fsp3) is 0.167. The van der Waals surface area contributed by atoms with Crippen LogP contribution in [0.3, 0.4) is 0 Å². The Morgan fingerprint density at radius 1 is 1.57 bits per heavy atom. The highest BCUT2D eigenvalue weighted by atomic mass is 16.1. The molecule has 0 fully saturated rings. The molecule has 0 spiro atoms. The third-order valence-electron chi connectivity index (χ3n) is 0.402. The molecule has 36 valence electrons. The summed E-state index contributed by atoms with van der Waals surface area (Å²) in [6.45, 7) is 1.72. The first-order chi connectivity index (χ1) is 3.41. The Kier molecular flexibility index (Phi) is 4.24. The van der Waals surface area contributed by atoms with Crippen LogP contribution in [0, 0.1) is 11.8 Å². The van der Waals surface area contributed by atoms with Gasteiger partial charge < -0.3 is 0 Å². The molecule has 1 nitrogen and oxygen atoms in total. The Labute approximate surface area is 43.0 Å². The molecule has 0 aromatic rings. The topological polar surface area (TPSA) is 17.1 Å². The van der Waals surface area contributed by atoms with E-state index < -0.39 is 0 Å². The fourth-order valence-electron chi connectivity index (χ4n) is 0.171. The van der Waals surface area contributed by atoms with Crippen LogP contribution in [0.2, 0.25) is 0 Å². The first-order valence-corrected chi connectivity index (χ1v) is 1.94. The van der Waals surface area contributed by atoms with Crippen LogP contribution in [0.5, 0.6) is 0 Å². The quantitative estimate of drug-likeness (QED) is 0.266. The van der Waals surface area contributed by atoms with Crippen molar-refractivity contribution in [2.45, 2.75) is 6.92 Å². The van der Waals surface area contributed by atoms with E-state index in [-0.39, 0.29) is 0 Å². The van der Waals surface area contributed by atoms with Crippen molar-refractivity contribution in [1.82, 2.24) is 0 Å². The second-order valence-electron chi connectivity index (χ2n) is 0.890. The molecule has 0 amide bonds. The van der Waals surface area contributed by atoms with E-state index >= 15 is 0 Å². The third kappa shape index (κ3) is 4.97. The van der Waals surface area contributed by atoms with Gasteiger partial charge in [-0.15, -0.1) is 5.92 Å². The molecule has 0 aromatic carbocycles. The van der Waals surface area contributed by atoms with Gasteiger partial charge in [0.25, 0.3) is 0 Å². The lowest BCUT2D eigenvalue weighted by atomic mass is 10.5. The number of allylic oxidation sites excluding steroid dienone is 2. The normalized spacial score (nSPS) is 7.57. The molecule has 0 unspecified atom stereocenters. The molecule has 0 heterocycles. The molecule has 7 heavy (non-hydrogen) atoms. The number of hydrogen-bond donors (Lipinski definition) is 0. The van der Waals surface area contributed by atoms with E-state index in [1.165, 1.54) is 12.2 Å². The summed E-state index contributed by atoms with van der Waals surface area (Å²) in [7, 11) is 0. The predicted molar refractivity (Wildman–Crippen MR) is 28.7 cm³/mol. The molecule has 1 heteroatoms. The van der Waals surface area contributed by atoms with Gasteiger partial charge >= 0.3 is 0 Å². The zero-order valence-corrected chi connectivity index (χ0v) is 4.14. The minimum atomic E-state index is 0.699. The largest absolute Gasteiger partial charge is 0.299 e. The summed E-state index contributed by atoms with van der Waals surface area (Å²) in [5.74, 6) is 5.19. The van der Waals surface area contributed by atoms with Crippen molar-refractivity contribution in [3.8, 4) is 11.8 Å². The van der Waals surface area contributed by atoms with Crippen LogP contribution >= 0.6 is 0 Å². The lowest BCUT2D eigenvalue weighted by Gasteiger charge is -1.56. The highest BCUT2D eigenvalue weighted by Crippen LogP contribution is 1.60. The lowest BCUT2D eigenvalue weighted by molar-refractivity contribution is -0.104. The smallest absolute Gasteiger partial charge is 0.143 e. The number of hydrogen-bond acceptors (Lipinski definition) is 1. The summed E-state index contributed by atoms with van der Waals surface area (Å²) in [5.41, 5.74) is 0. The van der Waals surface area contributed by atoms with Gasteiger partial charge in [-0.3, -0.25) is 4.79 Å². The number of rotatable bonds is 1. The van der Waals surface area contributed by atoms with Crippen molar-refractivity contribution in [3.05, 3.63) is 12.2 Å². The first-order valence-electron chi connectivity index (χ1n) is 1.94. The Bertz CT molecular complexity index is 123. The molecular weight excluding hydrogens is 88.1 g/mol. The molecule has 0 atom stereocenters. The van der Waals surface area contributed by atoms with Crippen molar-refractivity contribution < 1.29 is 4.79 Å². The van der Waals surface area contributed by atoms with E-state index in [2.05, 4.69) is 11.8 Å². The molecule has 0 saturated carbocycles. The van der Waals surface area contributed by atoms with Crippen LogP contribution in [-0.4, -0.2) is 6.29 Å². The van der Waals surface area contributed by atoms with Crippen LogP contribution in [0.15, 0.2) is 12.2 Å². The van der Waals surface area contributed by atoms with Gasteiger partial charge in [0, 0.05) is 0 Å². The highest BCUT2D eigenvalue weighted by molar-refractivity contribution is 5.65. The van der Waals surface area contributed by atoms with E-state index in [0.29, 0.717) is 6.29 Å². The third-order valence-corrected chi connectivity index (χ3v) is 0.402. The maximum Gasteiger partial charge on any atom is 0.143 e. The van der Waals surface area contributed by atoms with Gasteiger partial charge in [0.2, 0.25) is 0 Å². The maximum atomic E-state index is 9.53. The van der Waals surface area contributed by atoms with Crippen molar-refractivity contribution in [2.75, 3.05) is 0 Å². The maximum absolute atomic E-state index is 9.53. The average molecular weight is 94.1 g/mol. The molecule has 0 N–H and O–H groups in total. The van der Waals surface area contributed by atoms with Crippen LogP contribution in [0.25, 0.3) is 0 Å². The van der Waals surface area contributed by atoms with Crippen molar-refractivity contribution in [3.63, 3.8) is 0 Å². The Hall–Kier alpha value is -1.03. The highest BCUT2D eigenvalue weighted by Gasteiger charge is 1.54. The van der Waals surface area contributed by atoms with Crippen molar-refractivity contribution >= 4 is 6.29 Å². The van der Waals surface area contributed by atoms with E-state index in [1.807, 2.05) is 0 Å². The second kappa shape index (κ2) is 4.97. The SMILES string of the molecule is CC#CC=CC=O. The Balaban J connectivity index is 3.40. The van der Waals surface area contributed by atoms with Gasteiger partial charge in [0.1, 0.15) is 6.29 Å². The predicted octanol–water partition coefficient (Wildman–Crippen LogP) is 0.765. The Morgan fingerprint density at radius 2 is 2.29 bits per heavy atom. The molecule has 0 bridgehead atoms. The number of aldehydes is 1. The lowest BCUT2D eigenvalue weighted by Crippen LogP contribution is -1.54. The van der Waals surface area contributed by atoms with Crippen LogP contribution in [-0.2, 0) is 4.79 Å². The van der Waals surface area contributed by atoms with E-state index in [9.17, 15) is 4.79 Å². The van der Waals surface area contributed by atoms with Gasteiger partial charge in [0.15, 0.2) is 0 Å². The number of carbonyl (C=O) groups excluding carboxylic acids is 1. The molecule has 0 aliphatic heterocycles. The number of carbonyl (C=O) groups is 1. The minimum Gasteiger partial charge on any atom is -0.299 e. The first kappa shape index (κ1) is 5.97. The van der Waals surface area contributed by atoms with Gasteiger partial charge in [-0.05, 0) is 19.1 Å². The van der Waals surface area contributed by atoms with Crippen LogP contribution in [0.1, 0.15) is 6.92 Å². The minimum absolute atomic E-state index is 0.699. The summed E-state index contributed by atoms with van der Waals surface area (Å²) in [5, 5.41) is 0. The molecule has 0 radical (unpaired) electrons. The summed E-state index contributed by atoms with van der Waals surface area (Å²) in [6.07, 6.45) is 3.56. The summed E-state index contributed by atoms with van der Waals surface area (Å²) in [6, 6.07) is 0. The summed E-state index contributed by atoms with van der Waals surface area (Å²) < 4.78 is 0. The van der Waals surface area contributed by atoms with Crippen molar-refractivity contribution in [2.24, 2.45) is 0 Å². The summed E-state index contributed by atoms with van der Waals surface area (Å²) >= 11 is 0. The van der Waals surface area contributed by atoms with E-state index in [1.54, 1.807) is 6.92 Å². The zero-order chi connectivity index (χ0) is 5.54. The van der Waals surface area contributed by atoms with Crippen LogP contribution in [0.4, 0.5) is 0 Å². The molecule has 0 aliphatic rings. The molecule has 0 aliphatic carbocycles. The van der Waals surface area contributed by atoms with Crippen LogP contribution < -0.4 is 0 Å².